The summed E-state index contributed by atoms with van der Waals surface area (Å²) >= 11 is 3.62. The van der Waals surface area contributed by atoms with Crippen molar-refractivity contribution in [3.63, 3.8) is 0 Å². The molecule has 2 rings (SSSR count). The number of nitrogen functional groups attached to an aromatic ring is 1. The second-order valence-electron chi connectivity index (χ2n) is 5.41. The van der Waals surface area contributed by atoms with E-state index < -0.39 is 0 Å². The van der Waals surface area contributed by atoms with E-state index in [0.29, 0.717) is 5.41 Å². The average Bonchev–Trinajstić information content (AvgIpc) is 2.39. The van der Waals surface area contributed by atoms with Crippen LogP contribution in [-0.2, 0) is 0 Å². The fraction of sp³-hybridized carbons (Fsp3) is 0.600. The molecule has 1 aliphatic heterocycles. The van der Waals surface area contributed by atoms with E-state index in [1.807, 2.05) is 12.1 Å². The number of piperidine rings is 1. The molecule has 0 bridgehead atoms. The van der Waals surface area contributed by atoms with Gasteiger partial charge in [0.2, 0.25) is 0 Å². The molecule has 0 unspecified atom stereocenters. The van der Waals surface area contributed by atoms with Crippen molar-refractivity contribution in [3.8, 4) is 0 Å². The minimum atomic E-state index is 0.580. The lowest BCUT2D eigenvalue weighted by molar-refractivity contribution is 0.199. The highest BCUT2D eigenvalue weighted by Crippen LogP contribution is 2.40. The zero-order valence-electron chi connectivity index (χ0n) is 11.4. The standard InChI is InChI=1S/C15H23BrN2/c1-3-15(4-2)7-9-18(10-8-15)14-6-5-12(17)11-13(14)16/h5-6,11H,3-4,7-10,17H2,1-2H3. The molecule has 1 aliphatic rings. The van der Waals surface area contributed by atoms with Crippen LogP contribution in [0.15, 0.2) is 22.7 Å². The Morgan fingerprint density at radius 3 is 2.33 bits per heavy atom. The zero-order chi connectivity index (χ0) is 13.2. The third-order valence-corrected chi connectivity index (χ3v) is 5.27. The van der Waals surface area contributed by atoms with E-state index in [0.717, 1.165) is 23.2 Å². The molecular weight excluding hydrogens is 288 g/mol. The van der Waals surface area contributed by atoms with Crippen molar-refractivity contribution < 1.29 is 0 Å². The largest absolute Gasteiger partial charge is 0.399 e. The summed E-state index contributed by atoms with van der Waals surface area (Å²) in [6.45, 7) is 6.98. The molecule has 0 amide bonds. The topological polar surface area (TPSA) is 29.3 Å². The Morgan fingerprint density at radius 2 is 1.83 bits per heavy atom. The van der Waals surface area contributed by atoms with E-state index in [4.69, 9.17) is 5.73 Å². The molecule has 2 nitrogen and oxygen atoms in total. The maximum absolute atomic E-state index is 5.79. The van der Waals surface area contributed by atoms with Gasteiger partial charge in [0.1, 0.15) is 0 Å². The van der Waals surface area contributed by atoms with Gasteiger partial charge < -0.3 is 10.6 Å². The third-order valence-electron chi connectivity index (χ3n) is 4.64. The minimum Gasteiger partial charge on any atom is -0.399 e. The summed E-state index contributed by atoms with van der Waals surface area (Å²) < 4.78 is 1.11. The SMILES string of the molecule is CCC1(CC)CCN(c2ccc(N)cc2Br)CC1. The number of hydrogen-bond acceptors (Lipinski definition) is 2. The Balaban J connectivity index is 2.10. The van der Waals surface area contributed by atoms with Gasteiger partial charge in [-0.1, -0.05) is 26.7 Å². The highest BCUT2D eigenvalue weighted by Gasteiger charge is 2.31. The van der Waals surface area contributed by atoms with Crippen molar-refractivity contribution in [1.82, 2.24) is 0 Å². The van der Waals surface area contributed by atoms with Crippen molar-refractivity contribution in [3.05, 3.63) is 22.7 Å². The minimum absolute atomic E-state index is 0.580. The van der Waals surface area contributed by atoms with Gasteiger partial charge in [-0.15, -0.1) is 0 Å². The molecular formula is C15H23BrN2. The van der Waals surface area contributed by atoms with Gasteiger partial charge in [0, 0.05) is 23.2 Å². The van der Waals surface area contributed by atoms with Crippen LogP contribution in [0.25, 0.3) is 0 Å². The predicted molar refractivity (Wildman–Crippen MR) is 83.0 cm³/mol. The monoisotopic (exact) mass is 310 g/mol. The molecule has 3 heteroatoms. The van der Waals surface area contributed by atoms with Crippen LogP contribution in [-0.4, -0.2) is 13.1 Å². The normalized spacial score (nSPS) is 18.9. The summed E-state index contributed by atoms with van der Waals surface area (Å²) in [6.07, 6.45) is 5.22. The van der Waals surface area contributed by atoms with Gasteiger partial charge >= 0.3 is 0 Å². The number of hydrogen-bond donors (Lipinski definition) is 1. The van der Waals surface area contributed by atoms with Gasteiger partial charge in [0.15, 0.2) is 0 Å². The number of nitrogens with two attached hydrogens (primary N) is 1. The van der Waals surface area contributed by atoms with E-state index in [-0.39, 0.29) is 0 Å². The van der Waals surface area contributed by atoms with Gasteiger partial charge in [0.25, 0.3) is 0 Å². The predicted octanol–water partition coefficient (Wildman–Crippen LogP) is 4.44. The maximum Gasteiger partial charge on any atom is 0.0512 e. The van der Waals surface area contributed by atoms with Gasteiger partial charge in [-0.05, 0) is 52.4 Å². The molecule has 100 valence electrons. The smallest absolute Gasteiger partial charge is 0.0512 e. The summed E-state index contributed by atoms with van der Waals surface area (Å²) in [5, 5.41) is 0. The highest BCUT2D eigenvalue weighted by atomic mass is 79.9. The first-order valence-corrected chi connectivity index (χ1v) is 7.69. The average molecular weight is 311 g/mol. The van der Waals surface area contributed by atoms with Crippen LogP contribution in [0, 0.1) is 5.41 Å². The van der Waals surface area contributed by atoms with Gasteiger partial charge in [-0.25, -0.2) is 0 Å². The Morgan fingerprint density at radius 1 is 1.22 bits per heavy atom. The third kappa shape index (κ3) is 2.66. The Bertz CT molecular complexity index is 403. The van der Waals surface area contributed by atoms with Crippen LogP contribution < -0.4 is 10.6 Å². The Kier molecular flexibility index (Phi) is 4.21. The lowest BCUT2D eigenvalue weighted by Crippen LogP contribution is -2.39. The summed E-state index contributed by atoms with van der Waals surface area (Å²) in [5.41, 5.74) is 8.48. The number of nitrogens with zero attached hydrogens (tertiary/aromatic N) is 1. The molecule has 0 aromatic heterocycles. The number of rotatable bonds is 3. The first-order valence-electron chi connectivity index (χ1n) is 6.90. The molecule has 1 fully saturated rings. The van der Waals surface area contributed by atoms with Crippen LogP contribution >= 0.6 is 15.9 Å². The summed E-state index contributed by atoms with van der Waals surface area (Å²) in [7, 11) is 0. The van der Waals surface area contributed by atoms with Crippen molar-refractivity contribution >= 4 is 27.3 Å². The molecule has 0 saturated carbocycles. The second kappa shape index (κ2) is 5.52. The highest BCUT2D eigenvalue weighted by molar-refractivity contribution is 9.10. The van der Waals surface area contributed by atoms with Gasteiger partial charge in [-0.3, -0.25) is 0 Å². The molecule has 0 aliphatic carbocycles. The molecule has 1 heterocycles. The van der Waals surface area contributed by atoms with Crippen LogP contribution in [0.5, 0.6) is 0 Å². The van der Waals surface area contributed by atoms with E-state index in [9.17, 15) is 0 Å². The van der Waals surface area contributed by atoms with Gasteiger partial charge in [0.05, 0.1) is 5.69 Å². The van der Waals surface area contributed by atoms with Gasteiger partial charge in [-0.2, -0.15) is 0 Å². The quantitative estimate of drug-likeness (QED) is 0.836. The molecule has 1 saturated heterocycles. The number of benzene rings is 1. The van der Waals surface area contributed by atoms with Crippen molar-refractivity contribution in [2.45, 2.75) is 39.5 Å². The molecule has 2 N–H and O–H groups in total. The lowest BCUT2D eigenvalue weighted by Gasteiger charge is -2.42. The fourth-order valence-electron chi connectivity index (χ4n) is 2.96. The second-order valence-corrected chi connectivity index (χ2v) is 6.26. The molecule has 0 spiro atoms. The van der Waals surface area contributed by atoms with E-state index >= 15 is 0 Å². The van der Waals surface area contributed by atoms with Crippen molar-refractivity contribution in [2.24, 2.45) is 5.41 Å². The molecule has 0 radical (unpaired) electrons. The molecule has 1 aromatic carbocycles. The number of halogens is 1. The summed E-state index contributed by atoms with van der Waals surface area (Å²) in [6, 6.07) is 6.11. The lowest BCUT2D eigenvalue weighted by atomic mass is 9.74. The molecule has 1 aromatic rings. The first kappa shape index (κ1) is 13.7. The van der Waals surface area contributed by atoms with E-state index in [1.165, 1.54) is 31.4 Å². The molecule has 0 atom stereocenters. The summed E-state index contributed by atoms with van der Waals surface area (Å²) in [4.78, 5) is 2.48. The van der Waals surface area contributed by atoms with Crippen LogP contribution in [0.1, 0.15) is 39.5 Å². The Hall–Kier alpha value is -0.700. The van der Waals surface area contributed by atoms with E-state index in [1.54, 1.807) is 0 Å². The molecule has 18 heavy (non-hydrogen) atoms. The fourth-order valence-corrected chi connectivity index (χ4v) is 3.61. The number of anilines is 2. The van der Waals surface area contributed by atoms with Crippen LogP contribution in [0.3, 0.4) is 0 Å². The maximum atomic E-state index is 5.79. The van der Waals surface area contributed by atoms with Crippen LogP contribution in [0.4, 0.5) is 11.4 Å². The summed E-state index contributed by atoms with van der Waals surface area (Å²) in [5.74, 6) is 0. The van der Waals surface area contributed by atoms with Crippen molar-refractivity contribution in [2.75, 3.05) is 23.7 Å². The van der Waals surface area contributed by atoms with Crippen LogP contribution in [0.2, 0.25) is 0 Å². The van der Waals surface area contributed by atoms with E-state index in [2.05, 4.69) is 40.7 Å². The van der Waals surface area contributed by atoms with Crippen molar-refractivity contribution in [1.29, 1.82) is 0 Å². The first-order chi connectivity index (χ1) is 8.60. The zero-order valence-corrected chi connectivity index (χ0v) is 13.0. The Labute approximate surface area is 119 Å².